The minimum atomic E-state index is -0.541. The van der Waals surface area contributed by atoms with Crippen molar-refractivity contribution >= 4 is 38.3 Å². The Morgan fingerprint density at radius 1 is 1.23 bits per heavy atom. The third-order valence-corrected chi connectivity index (χ3v) is 4.70. The third kappa shape index (κ3) is 3.92. The topological polar surface area (TPSA) is 107 Å². The number of nitrogens with one attached hydrogen (secondary N) is 2. The van der Waals surface area contributed by atoms with Crippen LogP contribution >= 0.6 is 11.3 Å². The molecule has 1 amide bonds. The molecule has 1 aromatic heterocycles. The Morgan fingerprint density at radius 2 is 2.00 bits per heavy atom. The third-order valence-electron chi connectivity index (χ3n) is 3.73. The summed E-state index contributed by atoms with van der Waals surface area (Å²) >= 11 is 1.47. The van der Waals surface area contributed by atoms with Gasteiger partial charge >= 0.3 is 0 Å². The lowest BCUT2D eigenvalue weighted by molar-refractivity contribution is -0.121. The molecule has 0 spiro atoms. The van der Waals surface area contributed by atoms with Crippen LogP contribution in [0.15, 0.2) is 47.6 Å². The largest absolute Gasteiger partial charge is 0.508 e. The zero-order valence-corrected chi connectivity index (χ0v) is 15.0. The zero-order chi connectivity index (χ0) is 18.7. The second-order valence-corrected chi connectivity index (χ2v) is 6.76. The molecule has 8 heteroatoms. The molecule has 0 unspecified atom stereocenters. The molecule has 0 bridgehead atoms. The first kappa shape index (κ1) is 17.7. The van der Waals surface area contributed by atoms with Gasteiger partial charge in [-0.2, -0.15) is 5.10 Å². The summed E-state index contributed by atoms with van der Waals surface area (Å²) in [5.74, 6) is -0.486. The molecule has 3 rings (SSSR count). The Bertz CT molecular complexity index is 950. The Kier molecular flexibility index (Phi) is 5.04. The van der Waals surface area contributed by atoms with Gasteiger partial charge in [0.1, 0.15) is 17.5 Å². The van der Waals surface area contributed by atoms with E-state index in [-0.39, 0.29) is 17.4 Å². The molecule has 0 aliphatic rings. The van der Waals surface area contributed by atoms with E-state index in [0.29, 0.717) is 16.4 Å². The van der Waals surface area contributed by atoms with Crippen LogP contribution in [0, 0.1) is 0 Å². The molecule has 0 aliphatic carbocycles. The van der Waals surface area contributed by atoms with Gasteiger partial charge in [0.2, 0.25) is 0 Å². The van der Waals surface area contributed by atoms with Gasteiger partial charge in [0.05, 0.1) is 15.9 Å². The second-order valence-electron chi connectivity index (χ2n) is 5.73. The van der Waals surface area contributed by atoms with Gasteiger partial charge in [0, 0.05) is 11.6 Å². The number of phenolic OH excluding ortho intramolecular Hbond substituents is 2. The molecule has 0 aliphatic heterocycles. The van der Waals surface area contributed by atoms with Gasteiger partial charge in [0.25, 0.3) is 5.91 Å². The number of aromatic nitrogens is 1. The van der Waals surface area contributed by atoms with Crippen LogP contribution < -0.4 is 10.7 Å². The number of para-hydroxylation sites is 1. The number of nitrogens with zero attached hydrogens (tertiary/aromatic N) is 2. The number of hydrazone groups is 1. The highest BCUT2D eigenvalue weighted by molar-refractivity contribution is 7.22. The van der Waals surface area contributed by atoms with E-state index in [0.717, 1.165) is 10.2 Å². The van der Waals surface area contributed by atoms with E-state index < -0.39 is 6.04 Å². The van der Waals surface area contributed by atoms with Gasteiger partial charge in [-0.25, -0.2) is 10.4 Å². The van der Waals surface area contributed by atoms with Crippen LogP contribution in [-0.2, 0) is 4.79 Å². The van der Waals surface area contributed by atoms with E-state index in [1.807, 2.05) is 24.3 Å². The smallest absolute Gasteiger partial charge is 0.262 e. The molecule has 7 nitrogen and oxygen atoms in total. The van der Waals surface area contributed by atoms with E-state index in [2.05, 4.69) is 20.8 Å². The molecule has 0 saturated carbocycles. The van der Waals surface area contributed by atoms with Crippen LogP contribution in [0.25, 0.3) is 10.2 Å². The van der Waals surface area contributed by atoms with Gasteiger partial charge < -0.3 is 15.5 Å². The molecule has 0 fully saturated rings. The number of hydrogen-bond donors (Lipinski definition) is 4. The van der Waals surface area contributed by atoms with Crippen molar-refractivity contribution in [3.8, 4) is 11.5 Å². The minimum absolute atomic E-state index is 0.0447. The van der Waals surface area contributed by atoms with Crippen molar-refractivity contribution in [1.29, 1.82) is 0 Å². The van der Waals surface area contributed by atoms with Crippen LogP contribution in [0.2, 0.25) is 0 Å². The van der Waals surface area contributed by atoms with Crippen molar-refractivity contribution in [1.82, 2.24) is 10.4 Å². The van der Waals surface area contributed by atoms with Crippen molar-refractivity contribution < 1.29 is 15.0 Å². The second kappa shape index (κ2) is 7.40. The normalized spacial score (nSPS) is 12.8. The minimum Gasteiger partial charge on any atom is -0.508 e. The summed E-state index contributed by atoms with van der Waals surface area (Å²) in [6.45, 7) is 3.36. The lowest BCUT2D eigenvalue weighted by Crippen LogP contribution is -2.35. The van der Waals surface area contributed by atoms with Crippen LogP contribution in [0.4, 0.5) is 5.13 Å². The maximum Gasteiger partial charge on any atom is 0.262 e. The molecular formula is C18H18N4O3S. The number of fused-ring (bicyclic) bond motifs is 1. The monoisotopic (exact) mass is 370 g/mol. The van der Waals surface area contributed by atoms with Crippen molar-refractivity contribution in [2.75, 3.05) is 5.32 Å². The number of hydrogen-bond acceptors (Lipinski definition) is 7. The highest BCUT2D eigenvalue weighted by atomic mass is 32.1. The van der Waals surface area contributed by atoms with Crippen molar-refractivity contribution in [2.45, 2.75) is 19.9 Å². The predicted molar refractivity (Wildman–Crippen MR) is 103 cm³/mol. The molecular weight excluding hydrogens is 352 g/mol. The summed E-state index contributed by atoms with van der Waals surface area (Å²) in [4.78, 5) is 16.7. The SMILES string of the molecule is C/C(=N\NC(=O)[C@H](C)Nc1nc2ccccc2s1)c1ccc(O)cc1O. The fourth-order valence-electron chi connectivity index (χ4n) is 2.31. The van der Waals surface area contributed by atoms with Crippen LogP contribution in [0.1, 0.15) is 19.4 Å². The first-order chi connectivity index (χ1) is 12.4. The van der Waals surface area contributed by atoms with Crippen molar-refractivity contribution in [2.24, 2.45) is 5.10 Å². The quantitative estimate of drug-likeness (QED) is 0.408. The van der Waals surface area contributed by atoms with Gasteiger partial charge in [-0.05, 0) is 38.1 Å². The highest BCUT2D eigenvalue weighted by Gasteiger charge is 2.15. The van der Waals surface area contributed by atoms with E-state index in [4.69, 9.17) is 0 Å². The first-order valence-corrected chi connectivity index (χ1v) is 8.74. The average Bonchev–Trinajstić information content (AvgIpc) is 3.01. The van der Waals surface area contributed by atoms with Gasteiger partial charge in [-0.3, -0.25) is 4.79 Å². The molecule has 134 valence electrons. The summed E-state index contributed by atoms with van der Waals surface area (Å²) in [5, 5.41) is 26.9. The maximum absolute atomic E-state index is 12.2. The van der Waals surface area contributed by atoms with E-state index in [1.165, 1.54) is 29.5 Å². The molecule has 26 heavy (non-hydrogen) atoms. The Labute approximate surface area is 154 Å². The molecule has 1 heterocycles. The van der Waals surface area contributed by atoms with Gasteiger partial charge in [-0.15, -0.1) is 0 Å². The number of aromatic hydroxyl groups is 2. The number of carbonyl (C=O) groups excluding carboxylic acids is 1. The maximum atomic E-state index is 12.2. The van der Waals surface area contributed by atoms with Crippen LogP contribution in [-0.4, -0.2) is 32.9 Å². The summed E-state index contributed by atoms with van der Waals surface area (Å²) in [5.41, 5.74) is 4.19. The zero-order valence-electron chi connectivity index (χ0n) is 14.2. The summed E-state index contributed by atoms with van der Waals surface area (Å²) in [6.07, 6.45) is 0. The van der Waals surface area contributed by atoms with Crippen LogP contribution in [0.3, 0.4) is 0 Å². The van der Waals surface area contributed by atoms with Crippen LogP contribution in [0.5, 0.6) is 11.5 Å². The average molecular weight is 370 g/mol. The fraction of sp³-hybridized carbons (Fsp3) is 0.167. The molecule has 0 saturated heterocycles. The summed E-state index contributed by atoms with van der Waals surface area (Å²) in [7, 11) is 0. The number of carbonyl (C=O) groups is 1. The molecule has 3 aromatic rings. The van der Waals surface area contributed by atoms with Gasteiger partial charge in [-0.1, -0.05) is 23.5 Å². The van der Waals surface area contributed by atoms with Crippen molar-refractivity contribution in [3.05, 3.63) is 48.0 Å². The highest BCUT2D eigenvalue weighted by Crippen LogP contribution is 2.26. The Morgan fingerprint density at radius 3 is 2.73 bits per heavy atom. The molecule has 2 aromatic carbocycles. The van der Waals surface area contributed by atoms with Crippen molar-refractivity contribution in [3.63, 3.8) is 0 Å². The predicted octanol–water partition coefficient (Wildman–Crippen LogP) is 3.05. The number of phenols is 2. The number of amides is 1. The first-order valence-electron chi connectivity index (χ1n) is 7.92. The van der Waals surface area contributed by atoms with E-state index >= 15 is 0 Å². The van der Waals surface area contributed by atoms with Gasteiger partial charge in [0.15, 0.2) is 5.13 Å². The Hall–Kier alpha value is -3.13. The number of rotatable bonds is 5. The molecule has 1 atom stereocenters. The standard InChI is InChI=1S/C18H18N4O3S/c1-10(13-8-7-12(23)9-15(13)24)21-22-17(25)11(2)19-18-20-14-5-3-4-6-16(14)26-18/h3-9,11,23-24H,1-2H3,(H,19,20)(H,22,25)/b21-10+/t11-/m0/s1. The number of anilines is 1. The molecule has 0 radical (unpaired) electrons. The Balaban J connectivity index is 1.65. The summed E-state index contributed by atoms with van der Waals surface area (Å²) < 4.78 is 1.04. The number of thiazole rings is 1. The van der Waals surface area contributed by atoms with E-state index in [1.54, 1.807) is 13.8 Å². The number of benzene rings is 2. The van der Waals surface area contributed by atoms with E-state index in [9.17, 15) is 15.0 Å². The lowest BCUT2D eigenvalue weighted by Gasteiger charge is -2.11. The summed E-state index contributed by atoms with van der Waals surface area (Å²) in [6, 6.07) is 11.4. The fourth-order valence-corrected chi connectivity index (χ4v) is 3.26. The lowest BCUT2D eigenvalue weighted by atomic mass is 10.1. The molecule has 4 N–H and O–H groups in total.